The van der Waals surface area contributed by atoms with E-state index in [0.717, 1.165) is 18.4 Å². The highest BCUT2D eigenvalue weighted by atomic mass is 35.5. The van der Waals surface area contributed by atoms with E-state index in [1.165, 1.54) is 6.92 Å². The molecule has 1 aromatic carbocycles. The fourth-order valence-electron chi connectivity index (χ4n) is 2.45. The van der Waals surface area contributed by atoms with E-state index in [2.05, 4.69) is 5.32 Å². The van der Waals surface area contributed by atoms with Crippen molar-refractivity contribution in [3.63, 3.8) is 0 Å². The van der Waals surface area contributed by atoms with Gasteiger partial charge in [0.05, 0.1) is 5.56 Å². The second-order valence-electron chi connectivity index (χ2n) is 4.61. The van der Waals surface area contributed by atoms with Gasteiger partial charge in [-0.2, -0.15) is 0 Å². The highest BCUT2D eigenvalue weighted by molar-refractivity contribution is 6.17. The second kappa shape index (κ2) is 6.06. The number of rotatable bonds is 3. The molecule has 1 atom stereocenters. The van der Waals surface area contributed by atoms with Crippen LogP contribution in [0.4, 0.5) is 0 Å². The van der Waals surface area contributed by atoms with Crippen molar-refractivity contribution < 1.29 is 14.3 Å². The Balaban J connectivity index is 2.28. The summed E-state index contributed by atoms with van der Waals surface area (Å²) in [6.45, 7) is 1.46. The highest BCUT2D eigenvalue weighted by Crippen LogP contribution is 2.29. The zero-order valence-electron chi connectivity index (χ0n) is 10.7. The minimum Gasteiger partial charge on any atom is -0.477 e. The Bertz CT molecular complexity index is 501. The van der Waals surface area contributed by atoms with Crippen LogP contribution in [0, 0.1) is 0 Å². The topological polar surface area (TPSA) is 55.4 Å². The van der Waals surface area contributed by atoms with Gasteiger partial charge in [0.15, 0.2) is 11.8 Å². The van der Waals surface area contributed by atoms with Crippen molar-refractivity contribution in [2.75, 3.05) is 6.07 Å². The van der Waals surface area contributed by atoms with Gasteiger partial charge in [-0.3, -0.25) is 9.59 Å². The Hall–Kier alpha value is -1.55. The number of carbonyl (C=O) groups is 2. The van der Waals surface area contributed by atoms with E-state index in [1.54, 1.807) is 6.07 Å². The van der Waals surface area contributed by atoms with Crippen molar-refractivity contribution in [3.8, 4) is 5.75 Å². The number of nitrogens with one attached hydrogen (secondary N) is 1. The summed E-state index contributed by atoms with van der Waals surface area (Å²) in [4.78, 5) is 23.4. The third kappa shape index (κ3) is 3.26. The molecule has 4 nitrogen and oxygen atoms in total. The molecular formula is C14H16ClNO3. The second-order valence-corrected chi connectivity index (χ2v) is 4.83. The van der Waals surface area contributed by atoms with Gasteiger partial charge < -0.3 is 10.1 Å². The Morgan fingerprint density at radius 1 is 1.53 bits per heavy atom. The van der Waals surface area contributed by atoms with Crippen LogP contribution >= 0.6 is 11.6 Å². The quantitative estimate of drug-likeness (QED) is 0.683. The Labute approximate surface area is 117 Å². The lowest BCUT2D eigenvalue weighted by atomic mass is 10.0. The maximum atomic E-state index is 12.3. The summed E-state index contributed by atoms with van der Waals surface area (Å²) in [5.74, 6) is 0.411. The maximum absolute atomic E-state index is 12.3. The molecule has 1 amide bonds. The molecule has 5 heteroatoms. The molecule has 1 aliphatic carbocycles. The summed E-state index contributed by atoms with van der Waals surface area (Å²) >= 11 is 5.57. The van der Waals surface area contributed by atoms with Gasteiger partial charge in [-0.15, -0.1) is 0 Å². The summed E-state index contributed by atoms with van der Waals surface area (Å²) < 4.78 is 5.30. The van der Waals surface area contributed by atoms with E-state index in [-0.39, 0.29) is 23.8 Å². The standard InChI is InChI=1S/C14H16ClNO3/c1-9(17)16-11-6-5-10-3-2-4-13(19-8-15)14(10)12(18)7-11/h2-4,11H,5-8H2,1H3,(H,16,17)/t11-/m0/s1. The Kier molecular flexibility index (Phi) is 4.43. The number of alkyl halides is 1. The molecule has 0 saturated carbocycles. The first-order chi connectivity index (χ1) is 9.11. The molecular weight excluding hydrogens is 266 g/mol. The number of amides is 1. The summed E-state index contributed by atoms with van der Waals surface area (Å²) in [6.07, 6.45) is 1.80. The largest absolute Gasteiger partial charge is 0.477 e. The van der Waals surface area contributed by atoms with Crippen molar-refractivity contribution in [1.82, 2.24) is 5.32 Å². The number of fused-ring (bicyclic) bond motifs is 1. The van der Waals surface area contributed by atoms with Gasteiger partial charge in [-0.25, -0.2) is 0 Å². The highest BCUT2D eigenvalue weighted by Gasteiger charge is 2.25. The van der Waals surface area contributed by atoms with Gasteiger partial charge in [0.2, 0.25) is 5.91 Å². The first kappa shape index (κ1) is 13.9. The lowest BCUT2D eigenvalue weighted by Gasteiger charge is -2.13. The zero-order chi connectivity index (χ0) is 13.8. The number of ketones is 1. The van der Waals surface area contributed by atoms with Crippen molar-refractivity contribution in [2.24, 2.45) is 0 Å². The molecule has 0 bridgehead atoms. The third-order valence-electron chi connectivity index (χ3n) is 3.20. The molecule has 2 rings (SSSR count). The Morgan fingerprint density at radius 2 is 2.32 bits per heavy atom. The maximum Gasteiger partial charge on any atom is 0.217 e. The number of aryl methyl sites for hydroxylation is 1. The van der Waals surface area contributed by atoms with Crippen LogP contribution in [0.3, 0.4) is 0 Å². The predicted octanol–water partition coefficient (Wildman–Crippen LogP) is 2.29. The van der Waals surface area contributed by atoms with Gasteiger partial charge >= 0.3 is 0 Å². The smallest absolute Gasteiger partial charge is 0.217 e. The zero-order valence-corrected chi connectivity index (χ0v) is 11.5. The van der Waals surface area contributed by atoms with Gasteiger partial charge in [0.1, 0.15) is 5.75 Å². The first-order valence-electron chi connectivity index (χ1n) is 6.22. The molecule has 0 fully saturated rings. The molecule has 1 aliphatic rings. The minimum absolute atomic E-state index is 0.00744. The molecule has 0 unspecified atom stereocenters. The van der Waals surface area contributed by atoms with Gasteiger partial charge in [0, 0.05) is 19.4 Å². The van der Waals surface area contributed by atoms with Crippen LogP contribution in [0.2, 0.25) is 0 Å². The van der Waals surface area contributed by atoms with Crippen LogP contribution in [0.25, 0.3) is 0 Å². The summed E-state index contributed by atoms with van der Waals surface area (Å²) in [5, 5.41) is 2.81. The normalized spacial score (nSPS) is 18.4. The number of hydrogen-bond acceptors (Lipinski definition) is 3. The molecule has 0 spiro atoms. The van der Waals surface area contributed by atoms with E-state index in [9.17, 15) is 9.59 Å². The fourth-order valence-corrected chi connectivity index (χ4v) is 2.57. The van der Waals surface area contributed by atoms with E-state index >= 15 is 0 Å². The van der Waals surface area contributed by atoms with Gasteiger partial charge in [-0.05, 0) is 24.5 Å². The first-order valence-corrected chi connectivity index (χ1v) is 6.76. The van der Waals surface area contributed by atoms with Crippen molar-refractivity contribution >= 4 is 23.3 Å². The minimum atomic E-state index is -0.110. The summed E-state index contributed by atoms with van der Waals surface area (Å²) in [6, 6.07) is 5.43. The molecule has 1 aromatic rings. The van der Waals surface area contributed by atoms with Crippen LogP contribution < -0.4 is 10.1 Å². The van der Waals surface area contributed by atoms with E-state index in [4.69, 9.17) is 16.3 Å². The van der Waals surface area contributed by atoms with Crippen LogP contribution in [0.15, 0.2) is 18.2 Å². The number of ether oxygens (including phenoxy) is 1. The molecule has 0 saturated heterocycles. The summed E-state index contributed by atoms with van der Waals surface area (Å²) in [7, 11) is 0. The molecule has 0 aliphatic heterocycles. The number of halogens is 1. The molecule has 0 heterocycles. The van der Waals surface area contributed by atoms with Crippen LogP contribution in [-0.4, -0.2) is 23.8 Å². The van der Waals surface area contributed by atoms with Crippen molar-refractivity contribution in [3.05, 3.63) is 29.3 Å². The fraction of sp³-hybridized carbons (Fsp3) is 0.429. The van der Waals surface area contributed by atoms with E-state index in [1.807, 2.05) is 12.1 Å². The van der Waals surface area contributed by atoms with Gasteiger partial charge in [-0.1, -0.05) is 23.7 Å². The van der Waals surface area contributed by atoms with Crippen LogP contribution in [0.5, 0.6) is 5.75 Å². The van der Waals surface area contributed by atoms with Gasteiger partial charge in [0.25, 0.3) is 0 Å². The average molecular weight is 282 g/mol. The predicted molar refractivity (Wildman–Crippen MR) is 72.7 cm³/mol. The number of Topliss-reactive ketones (excluding diaryl/α,β-unsaturated/α-hetero) is 1. The van der Waals surface area contributed by atoms with Crippen LogP contribution in [0.1, 0.15) is 35.7 Å². The molecule has 1 N–H and O–H groups in total. The van der Waals surface area contributed by atoms with Crippen molar-refractivity contribution in [1.29, 1.82) is 0 Å². The number of carbonyl (C=O) groups excluding carboxylic acids is 2. The van der Waals surface area contributed by atoms with Crippen LogP contribution in [-0.2, 0) is 11.2 Å². The van der Waals surface area contributed by atoms with E-state index in [0.29, 0.717) is 17.7 Å². The van der Waals surface area contributed by atoms with Crippen molar-refractivity contribution in [2.45, 2.75) is 32.2 Å². The SMILES string of the molecule is CC(=O)N[C@H]1CCc2cccc(OCCl)c2C(=O)C1. The number of hydrogen-bond donors (Lipinski definition) is 1. The molecule has 19 heavy (non-hydrogen) atoms. The lowest BCUT2D eigenvalue weighted by molar-refractivity contribution is -0.119. The Morgan fingerprint density at radius 3 is 3.00 bits per heavy atom. The average Bonchev–Trinajstić information content (AvgIpc) is 2.50. The molecule has 102 valence electrons. The van der Waals surface area contributed by atoms with E-state index < -0.39 is 0 Å². The molecule has 0 aromatic heterocycles. The number of benzene rings is 1. The third-order valence-corrected chi connectivity index (χ3v) is 3.31. The monoisotopic (exact) mass is 281 g/mol. The molecule has 0 radical (unpaired) electrons. The summed E-state index contributed by atoms with van der Waals surface area (Å²) in [5.41, 5.74) is 1.57. The lowest BCUT2D eigenvalue weighted by Crippen LogP contribution is -2.34.